The lowest BCUT2D eigenvalue weighted by molar-refractivity contribution is -0.385. The van der Waals surface area contributed by atoms with Crippen molar-refractivity contribution >= 4 is 17.6 Å². The Morgan fingerprint density at radius 2 is 1.96 bits per heavy atom. The Morgan fingerprint density at radius 3 is 2.46 bits per heavy atom. The molecule has 0 saturated carbocycles. The molecule has 9 heteroatoms. The van der Waals surface area contributed by atoms with Crippen LogP contribution in [0, 0.1) is 10.1 Å². The van der Waals surface area contributed by atoms with Gasteiger partial charge in [-0.25, -0.2) is 4.79 Å². The summed E-state index contributed by atoms with van der Waals surface area (Å²) in [6.07, 6.45) is 1.35. The number of nitro groups is 1. The first-order valence-corrected chi connectivity index (χ1v) is 8.44. The highest BCUT2D eigenvalue weighted by Gasteiger charge is 2.30. The second-order valence-electron chi connectivity index (χ2n) is 6.01. The Morgan fingerprint density at radius 1 is 1.31 bits per heavy atom. The highest BCUT2D eigenvalue weighted by molar-refractivity contribution is 5.99. The molecule has 2 rings (SSSR count). The third kappa shape index (κ3) is 4.22. The molecule has 142 valence electrons. The van der Waals surface area contributed by atoms with Crippen LogP contribution in [-0.2, 0) is 4.79 Å². The van der Waals surface area contributed by atoms with Crippen LogP contribution in [-0.4, -0.2) is 53.1 Å². The van der Waals surface area contributed by atoms with Gasteiger partial charge in [0.15, 0.2) is 17.6 Å². The lowest BCUT2D eigenvalue weighted by atomic mass is 10.1. The summed E-state index contributed by atoms with van der Waals surface area (Å²) < 4.78 is 10.6. The first-order valence-electron chi connectivity index (χ1n) is 8.44. The highest BCUT2D eigenvalue weighted by Crippen LogP contribution is 2.36. The van der Waals surface area contributed by atoms with E-state index in [1.54, 1.807) is 11.8 Å². The van der Waals surface area contributed by atoms with Gasteiger partial charge in [0.2, 0.25) is 0 Å². The summed E-state index contributed by atoms with van der Waals surface area (Å²) in [5.74, 6) is -1.60. The van der Waals surface area contributed by atoms with E-state index in [-0.39, 0.29) is 23.5 Å². The van der Waals surface area contributed by atoms with E-state index in [9.17, 15) is 24.8 Å². The lowest BCUT2D eigenvalue weighted by Crippen LogP contribution is -2.29. The van der Waals surface area contributed by atoms with Gasteiger partial charge in [-0.2, -0.15) is 0 Å². The molecule has 1 fully saturated rings. The molecule has 1 N–H and O–H groups in total. The molecule has 1 aromatic carbocycles. The van der Waals surface area contributed by atoms with Gasteiger partial charge in [0.1, 0.15) is 5.56 Å². The fourth-order valence-corrected chi connectivity index (χ4v) is 2.86. The van der Waals surface area contributed by atoms with Crippen LogP contribution < -0.4 is 9.47 Å². The maximum atomic E-state index is 12.6. The molecule has 0 aliphatic carbocycles. The zero-order chi connectivity index (χ0) is 19.3. The van der Waals surface area contributed by atoms with E-state index in [1.165, 1.54) is 13.2 Å². The molecular formula is C17H22N2O7. The van der Waals surface area contributed by atoms with E-state index >= 15 is 0 Å². The fourth-order valence-electron chi connectivity index (χ4n) is 2.86. The minimum atomic E-state index is -1.17. The van der Waals surface area contributed by atoms with Crippen molar-refractivity contribution < 1.29 is 29.1 Å². The second-order valence-corrected chi connectivity index (χ2v) is 6.01. The summed E-state index contributed by atoms with van der Waals surface area (Å²) in [4.78, 5) is 36.3. The van der Waals surface area contributed by atoms with Gasteiger partial charge in [0, 0.05) is 19.2 Å². The Labute approximate surface area is 150 Å². The number of amides is 1. The van der Waals surface area contributed by atoms with Crippen LogP contribution in [0.2, 0.25) is 0 Å². The van der Waals surface area contributed by atoms with Crippen molar-refractivity contribution in [1.29, 1.82) is 0 Å². The van der Waals surface area contributed by atoms with Crippen LogP contribution in [0.25, 0.3) is 0 Å². The van der Waals surface area contributed by atoms with Crippen LogP contribution in [0.1, 0.15) is 43.0 Å². The fraction of sp³-hybridized carbons (Fsp3) is 0.529. The smallest absolute Gasteiger partial charge is 0.344 e. The van der Waals surface area contributed by atoms with Crippen molar-refractivity contribution in [3.8, 4) is 11.5 Å². The molecule has 1 aliphatic rings. The monoisotopic (exact) mass is 366 g/mol. The van der Waals surface area contributed by atoms with E-state index in [0.717, 1.165) is 18.9 Å². The number of rotatable bonds is 8. The van der Waals surface area contributed by atoms with E-state index in [1.807, 2.05) is 0 Å². The summed E-state index contributed by atoms with van der Waals surface area (Å²) in [7, 11) is 1.33. The number of hydrogen-bond acceptors (Lipinski definition) is 6. The molecule has 0 unspecified atom stereocenters. The maximum Gasteiger partial charge on any atom is 0.344 e. The van der Waals surface area contributed by atoms with Crippen molar-refractivity contribution in [2.75, 3.05) is 20.2 Å². The SMILES string of the molecule is CCC[C@H](Oc1cc([N+](=O)[O-])c(C(=O)N2CCCC2)cc1OC)C(=O)O. The predicted molar refractivity (Wildman–Crippen MR) is 91.7 cm³/mol. The molecule has 0 spiro atoms. The summed E-state index contributed by atoms with van der Waals surface area (Å²) in [6, 6.07) is 2.31. The van der Waals surface area contributed by atoms with Crippen molar-refractivity contribution in [3.05, 3.63) is 27.8 Å². The molecule has 0 bridgehead atoms. The lowest BCUT2D eigenvalue weighted by Gasteiger charge is -2.19. The quantitative estimate of drug-likeness (QED) is 0.554. The average Bonchev–Trinajstić information content (AvgIpc) is 3.14. The van der Waals surface area contributed by atoms with E-state index in [2.05, 4.69) is 0 Å². The Kier molecular flexibility index (Phi) is 6.37. The number of likely N-dealkylation sites (tertiary alicyclic amines) is 1. The summed E-state index contributed by atoms with van der Waals surface area (Å²) in [5, 5.41) is 20.7. The maximum absolute atomic E-state index is 12.6. The minimum absolute atomic E-state index is 0.0713. The van der Waals surface area contributed by atoms with Crippen molar-refractivity contribution in [1.82, 2.24) is 4.90 Å². The minimum Gasteiger partial charge on any atom is -0.493 e. The van der Waals surface area contributed by atoms with Crippen LogP contribution in [0.5, 0.6) is 11.5 Å². The first-order chi connectivity index (χ1) is 12.4. The molecule has 0 aromatic heterocycles. The number of benzene rings is 1. The topological polar surface area (TPSA) is 119 Å². The molecule has 26 heavy (non-hydrogen) atoms. The summed E-state index contributed by atoms with van der Waals surface area (Å²) in [6.45, 7) is 2.90. The number of ether oxygens (including phenoxy) is 2. The number of methoxy groups -OCH3 is 1. The van der Waals surface area contributed by atoms with Crippen LogP contribution in [0.15, 0.2) is 12.1 Å². The predicted octanol–water partition coefficient (Wildman–Crippen LogP) is 2.47. The number of carboxylic acids is 1. The van der Waals surface area contributed by atoms with Gasteiger partial charge in [-0.3, -0.25) is 14.9 Å². The molecule has 1 saturated heterocycles. The van der Waals surface area contributed by atoms with Gasteiger partial charge in [-0.05, 0) is 19.3 Å². The molecule has 1 aromatic rings. The molecule has 9 nitrogen and oxygen atoms in total. The van der Waals surface area contributed by atoms with Crippen LogP contribution in [0.4, 0.5) is 5.69 Å². The van der Waals surface area contributed by atoms with Gasteiger partial charge in [-0.1, -0.05) is 13.3 Å². The van der Waals surface area contributed by atoms with Crippen molar-refractivity contribution in [3.63, 3.8) is 0 Å². The third-order valence-electron chi connectivity index (χ3n) is 4.20. The number of carboxylic acid groups (broad SMARTS) is 1. The van der Waals surface area contributed by atoms with Gasteiger partial charge in [0.05, 0.1) is 18.1 Å². The van der Waals surface area contributed by atoms with Gasteiger partial charge < -0.3 is 19.5 Å². The number of nitro benzene ring substituents is 1. The van der Waals surface area contributed by atoms with Gasteiger partial charge in [0.25, 0.3) is 11.6 Å². The highest BCUT2D eigenvalue weighted by atomic mass is 16.6. The number of hydrogen-bond donors (Lipinski definition) is 1. The summed E-state index contributed by atoms with van der Waals surface area (Å²) >= 11 is 0. The number of nitrogens with zero attached hydrogens (tertiary/aromatic N) is 2. The number of carbonyl (C=O) groups is 2. The number of aliphatic carboxylic acids is 1. The first kappa shape index (κ1) is 19.5. The molecule has 0 radical (unpaired) electrons. The largest absolute Gasteiger partial charge is 0.493 e. The Balaban J connectivity index is 2.44. The zero-order valence-corrected chi connectivity index (χ0v) is 14.8. The van der Waals surface area contributed by atoms with Crippen LogP contribution >= 0.6 is 0 Å². The van der Waals surface area contributed by atoms with Crippen molar-refractivity contribution in [2.24, 2.45) is 0 Å². The third-order valence-corrected chi connectivity index (χ3v) is 4.20. The molecule has 1 atom stereocenters. The van der Waals surface area contributed by atoms with Gasteiger partial charge >= 0.3 is 5.97 Å². The standard InChI is InChI=1S/C17H22N2O7/c1-3-6-13(17(21)22)26-15-10-12(19(23)24)11(9-14(15)25-2)16(20)18-7-4-5-8-18/h9-10,13H,3-8H2,1-2H3,(H,21,22)/t13-/m0/s1. The normalized spacial score (nSPS) is 14.8. The molecule has 1 amide bonds. The average molecular weight is 366 g/mol. The zero-order valence-electron chi connectivity index (χ0n) is 14.8. The molecular weight excluding hydrogens is 344 g/mol. The molecule has 1 aliphatic heterocycles. The van der Waals surface area contributed by atoms with Gasteiger partial charge in [-0.15, -0.1) is 0 Å². The van der Waals surface area contributed by atoms with E-state index in [4.69, 9.17) is 9.47 Å². The Bertz CT molecular complexity index is 699. The molecule has 1 heterocycles. The van der Waals surface area contributed by atoms with Crippen molar-refractivity contribution in [2.45, 2.75) is 38.7 Å². The summed E-state index contributed by atoms with van der Waals surface area (Å²) in [5.41, 5.74) is -0.526. The Hall–Kier alpha value is -2.84. The number of carbonyl (C=O) groups excluding carboxylic acids is 1. The second kappa shape index (κ2) is 8.50. The van der Waals surface area contributed by atoms with E-state index in [0.29, 0.717) is 19.5 Å². The van der Waals surface area contributed by atoms with Crippen LogP contribution in [0.3, 0.4) is 0 Å². The van der Waals surface area contributed by atoms with E-state index < -0.39 is 28.6 Å².